The summed E-state index contributed by atoms with van der Waals surface area (Å²) in [6.07, 6.45) is 5.66. The first kappa shape index (κ1) is 32.9. The summed E-state index contributed by atoms with van der Waals surface area (Å²) >= 11 is 0. The molecule has 0 heterocycles. The second-order valence-electron chi connectivity index (χ2n) is 11.7. The van der Waals surface area contributed by atoms with Gasteiger partial charge in [0.2, 0.25) is 11.8 Å². The number of alkyl carbamates (subject to hydrolysis) is 1. The Hall–Kier alpha value is -3.35. The third kappa shape index (κ3) is 11.4. The number of rotatable bonds is 15. The van der Waals surface area contributed by atoms with Crippen LogP contribution in [0.15, 0.2) is 60.7 Å². The van der Waals surface area contributed by atoms with E-state index in [0.717, 1.165) is 43.2 Å². The van der Waals surface area contributed by atoms with Gasteiger partial charge in [-0.15, -0.1) is 0 Å². The Labute approximate surface area is 241 Å². The largest absolute Gasteiger partial charge is 0.444 e. The van der Waals surface area contributed by atoms with E-state index in [1.807, 2.05) is 74.5 Å². The molecule has 2 rings (SSSR count). The Morgan fingerprint density at radius 1 is 0.850 bits per heavy atom. The lowest BCUT2D eigenvalue weighted by Crippen LogP contribution is -2.55. The molecule has 7 heteroatoms. The molecule has 2 atom stereocenters. The van der Waals surface area contributed by atoms with Crippen LogP contribution in [0.2, 0.25) is 0 Å². The van der Waals surface area contributed by atoms with E-state index in [-0.39, 0.29) is 17.7 Å². The van der Waals surface area contributed by atoms with Crippen molar-refractivity contribution in [1.29, 1.82) is 0 Å². The topological polar surface area (TPSA) is 87.7 Å². The smallest absolute Gasteiger partial charge is 0.408 e. The van der Waals surface area contributed by atoms with Crippen molar-refractivity contribution in [2.75, 3.05) is 6.54 Å². The standard InChI is InChI=1S/C33H49N3O4/c1-7-8-9-10-11-18-23-36(31(38)28(25(2)3)35-32(39)40-33(4,5)6)29(27-21-16-13-17-22-27)30(37)34-24-26-19-14-12-15-20-26/h12-17,19-22,25,28-29H,7-11,18,23-24H2,1-6H3,(H,34,37)(H,35,39). The second-order valence-corrected chi connectivity index (χ2v) is 11.7. The van der Waals surface area contributed by atoms with Crippen LogP contribution in [-0.4, -0.2) is 41.0 Å². The maximum absolute atomic E-state index is 14.2. The van der Waals surface area contributed by atoms with E-state index in [1.54, 1.807) is 25.7 Å². The zero-order chi connectivity index (χ0) is 29.5. The van der Waals surface area contributed by atoms with Gasteiger partial charge in [-0.25, -0.2) is 4.79 Å². The predicted octanol–water partition coefficient (Wildman–Crippen LogP) is 6.78. The molecule has 2 N–H and O–H groups in total. The lowest BCUT2D eigenvalue weighted by molar-refractivity contribution is -0.143. The Bertz CT molecular complexity index is 1030. The molecule has 3 amide bonds. The highest BCUT2D eigenvalue weighted by Crippen LogP contribution is 2.25. The van der Waals surface area contributed by atoms with Gasteiger partial charge in [0, 0.05) is 13.1 Å². The molecule has 2 unspecified atom stereocenters. The quantitative estimate of drug-likeness (QED) is 0.239. The Balaban J connectivity index is 2.38. The van der Waals surface area contributed by atoms with E-state index in [0.29, 0.717) is 13.1 Å². The number of unbranched alkanes of at least 4 members (excludes halogenated alkanes) is 5. The average molecular weight is 552 g/mol. The summed E-state index contributed by atoms with van der Waals surface area (Å²) < 4.78 is 5.46. The minimum atomic E-state index is -0.844. The Kier molecular flexibility index (Phi) is 13.7. The summed E-state index contributed by atoms with van der Waals surface area (Å²) in [6, 6.07) is 17.4. The molecule has 220 valence electrons. The van der Waals surface area contributed by atoms with Gasteiger partial charge in [0.1, 0.15) is 17.7 Å². The third-order valence-electron chi connectivity index (χ3n) is 6.63. The van der Waals surface area contributed by atoms with Crippen molar-refractivity contribution >= 4 is 17.9 Å². The highest BCUT2D eigenvalue weighted by molar-refractivity contribution is 5.92. The lowest BCUT2D eigenvalue weighted by atomic mass is 9.98. The fraction of sp³-hybridized carbons (Fsp3) is 0.545. The predicted molar refractivity (Wildman–Crippen MR) is 161 cm³/mol. The molecule has 2 aromatic carbocycles. The number of hydrogen-bond donors (Lipinski definition) is 2. The number of nitrogens with one attached hydrogen (secondary N) is 2. The molecule has 0 saturated heterocycles. The monoisotopic (exact) mass is 551 g/mol. The van der Waals surface area contributed by atoms with Gasteiger partial charge in [-0.2, -0.15) is 0 Å². The summed E-state index contributed by atoms with van der Waals surface area (Å²) in [7, 11) is 0. The van der Waals surface area contributed by atoms with Gasteiger partial charge in [-0.1, -0.05) is 114 Å². The van der Waals surface area contributed by atoms with E-state index in [4.69, 9.17) is 4.74 Å². The van der Waals surface area contributed by atoms with Crippen LogP contribution in [0.3, 0.4) is 0 Å². The highest BCUT2D eigenvalue weighted by atomic mass is 16.6. The Morgan fingerprint density at radius 3 is 2.00 bits per heavy atom. The highest BCUT2D eigenvalue weighted by Gasteiger charge is 2.37. The van der Waals surface area contributed by atoms with Crippen LogP contribution >= 0.6 is 0 Å². The van der Waals surface area contributed by atoms with Crippen molar-refractivity contribution in [2.45, 2.75) is 104 Å². The van der Waals surface area contributed by atoms with E-state index < -0.39 is 23.8 Å². The molecular weight excluding hydrogens is 502 g/mol. The second kappa shape index (κ2) is 16.7. The van der Waals surface area contributed by atoms with Gasteiger partial charge < -0.3 is 20.3 Å². The molecule has 0 fully saturated rings. The number of ether oxygens (including phenoxy) is 1. The lowest BCUT2D eigenvalue weighted by Gasteiger charge is -2.35. The summed E-state index contributed by atoms with van der Waals surface area (Å²) in [5.74, 6) is -0.761. The van der Waals surface area contributed by atoms with E-state index >= 15 is 0 Å². The molecule has 0 aliphatic rings. The summed E-state index contributed by atoms with van der Waals surface area (Å²) in [4.78, 5) is 42.4. The van der Waals surface area contributed by atoms with Crippen LogP contribution < -0.4 is 10.6 Å². The van der Waals surface area contributed by atoms with Gasteiger partial charge in [0.15, 0.2) is 0 Å². The molecule has 7 nitrogen and oxygen atoms in total. The molecule has 0 saturated carbocycles. The zero-order valence-electron chi connectivity index (χ0n) is 25.2. The number of benzene rings is 2. The summed E-state index contributed by atoms with van der Waals surface area (Å²) in [5.41, 5.74) is 1.01. The number of amides is 3. The van der Waals surface area contributed by atoms with Gasteiger partial charge in [0.05, 0.1) is 0 Å². The van der Waals surface area contributed by atoms with E-state index in [1.165, 1.54) is 6.42 Å². The number of nitrogens with zero attached hydrogens (tertiary/aromatic N) is 1. The van der Waals surface area contributed by atoms with Crippen molar-refractivity contribution in [1.82, 2.24) is 15.5 Å². The fourth-order valence-corrected chi connectivity index (χ4v) is 4.55. The molecule has 0 aliphatic heterocycles. The van der Waals surface area contributed by atoms with Crippen LogP contribution in [0.5, 0.6) is 0 Å². The first-order chi connectivity index (χ1) is 19.0. The van der Waals surface area contributed by atoms with Crippen molar-refractivity contribution in [3.63, 3.8) is 0 Å². The maximum atomic E-state index is 14.2. The number of carbonyl (C=O) groups is 3. The molecular formula is C33H49N3O4. The van der Waals surface area contributed by atoms with Gasteiger partial charge in [-0.3, -0.25) is 9.59 Å². The van der Waals surface area contributed by atoms with Gasteiger partial charge >= 0.3 is 6.09 Å². The minimum Gasteiger partial charge on any atom is -0.444 e. The molecule has 0 aliphatic carbocycles. The van der Waals surface area contributed by atoms with E-state index in [9.17, 15) is 14.4 Å². The van der Waals surface area contributed by atoms with Crippen LogP contribution in [0.1, 0.15) is 97.2 Å². The molecule has 0 radical (unpaired) electrons. The van der Waals surface area contributed by atoms with Crippen molar-refractivity contribution in [2.24, 2.45) is 5.92 Å². The van der Waals surface area contributed by atoms with E-state index in [2.05, 4.69) is 17.6 Å². The zero-order valence-corrected chi connectivity index (χ0v) is 25.2. The van der Waals surface area contributed by atoms with Crippen LogP contribution in [0.25, 0.3) is 0 Å². The first-order valence-electron chi connectivity index (χ1n) is 14.7. The molecule has 0 spiro atoms. The van der Waals surface area contributed by atoms with Crippen LogP contribution in [-0.2, 0) is 20.9 Å². The maximum Gasteiger partial charge on any atom is 0.408 e. The first-order valence-corrected chi connectivity index (χ1v) is 14.7. The fourth-order valence-electron chi connectivity index (χ4n) is 4.55. The number of hydrogen-bond acceptors (Lipinski definition) is 4. The summed E-state index contributed by atoms with van der Waals surface area (Å²) in [6.45, 7) is 12.1. The minimum absolute atomic E-state index is 0.212. The van der Waals surface area contributed by atoms with Crippen molar-refractivity contribution in [3.8, 4) is 0 Å². The van der Waals surface area contributed by atoms with Crippen molar-refractivity contribution < 1.29 is 19.1 Å². The summed E-state index contributed by atoms with van der Waals surface area (Å²) in [5, 5.41) is 5.84. The molecule has 40 heavy (non-hydrogen) atoms. The number of carbonyl (C=O) groups excluding carboxylic acids is 3. The molecule has 2 aromatic rings. The van der Waals surface area contributed by atoms with Gasteiger partial charge in [-0.05, 0) is 44.2 Å². The van der Waals surface area contributed by atoms with Crippen molar-refractivity contribution in [3.05, 3.63) is 71.8 Å². The van der Waals surface area contributed by atoms with Crippen LogP contribution in [0.4, 0.5) is 4.79 Å². The Morgan fingerprint density at radius 2 is 1.43 bits per heavy atom. The molecule has 0 bridgehead atoms. The normalized spacial score (nSPS) is 12.9. The third-order valence-corrected chi connectivity index (χ3v) is 6.63. The molecule has 0 aromatic heterocycles. The van der Waals surface area contributed by atoms with Crippen LogP contribution in [0, 0.1) is 5.92 Å². The van der Waals surface area contributed by atoms with Gasteiger partial charge in [0.25, 0.3) is 0 Å². The average Bonchev–Trinajstić information content (AvgIpc) is 2.91. The SMILES string of the molecule is CCCCCCCCN(C(=O)C(NC(=O)OC(C)(C)C)C(C)C)C(C(=O)NCc1ccccc1)c1ccccc1.